The van der Waals surface area contributed by atoms with Crippen molar-refractivity contribution in [2.45, 2.75) is 13.3 Å². The molecule has 1 aliphatic carbocycles. The van der Waals surface area contributed by atoms with Crippen molar-refractivity contribution >= 4 is 34.8 Å². The van der Waals surface area contributed by atoms with Gasteiger partial charge < -0.3 is 4.74 Å². The lowest BCUT2D eigenvalue weighted by Crippen LogP contribution is -2.32. The highest BCUT2D eigenvalue weighted by molar-refractivity contribution is 7.12. The van der Waals surface area contributed by atoms with E-state index in [1.54, 1.807) is 41.8 Å². The number of allylic oxidation sites excluding steroid dienone is 2. The third-order valence-corrected chi connectivity index (χ3v) is 5.75. The molecular weight excluding hydrogens is 350 g/mol. The van der Waals surface area contributed by atoms with E-state index in [0.29, 0.717) is 17.0 Å². The Labute approximate surface area is 154 Å². The topological polar surface area (TPSA) is 63.7 Å². The van der Waals surface area contributed by atoms with Gasteiger partial charge in [-0.05, 0) is 35.9 Å². The Balaban J connectivity index is 1.67. The Kier molecular flexibility index (Phi) is 4.20. The first-order chi connectivity index (χ1) is 12.6. The van der Waals surface area contributed by atoms with Crippen molar-refractivity contribution < 1.29 is 19.1 Å². The highest BCUT2D eigenvalue weighted by Gasteiger charge is 2.51. The van der Waals surface area contributed by atoms with E-state index in [1.807, 2.05) is 19.1 Å². The molecule has 1 saturated heterocycles. The average molecular weight is 367 g/mol. The Morgan fingerprint density at radius 1 is 1.15 bits per heavy atom. The van der Waals surface area contributed by atoms with E-state index in [0.717, 1.165) is 0 Å². The molecule has 0 spiro atoms. The van der Waals surface area contributed by atoms with Gasteiger partial charge in [-0.15, -0.1) is 11.3 Å². The Bertz CT molecular complexity index is 902. The lowest BCUT2D eigenvalue weighted by molar-refractivity contribution is -0.122. The molecule has 0 N–H and O–H groups in total. The van der Waals surface area contributed by atoms with Crippen molar-refractivity contribution in [2.24, 2.45) is 17.8 Å². The van der Waals surface area contributed by atoms with Crippen molar-refractivity contribution in [3.05, 3.63) is 58.8 Å². The monoisotopic (exact) mass is 367 g/mol. The predicted molar refractivity (Wildman–Crippen MR) is 98.1 cm³/mol. The van der Waals surface area contributed by atoms with Gasteiger partial charge in [0, 0.05) is 0 Å². The molecule has 0 radical (unpaired) electrons. The smallest absolute Gasteiger partial charge is 0.353 e. The molecule has 26 heavy (non-hydrogen) atoms. The van der Waals surface area contributed by atoms with Crippen molar-refractivity contribution in [1.82, 2.24) is 0 Å². The zero-order valence-corrected chi connectivity index (χ0v) is 14.9. The van der Waals surface area contributed by atoms with E-state index in [9.17, 15) is 14.4 Å². The van der Waals surface area contributed by atoms with Crippen LogP contribution in [0.4, 0.5) is 5.69 Å². The second-order valence-electron chi connectivity index (χ2n) is 6.50. The molecule has 6 heteroatoms. The largest absolute Gasteiger partial charge is 0.420 e. The van der Waals surface area contributed by atoms with Crippen LogP contribution in [0.15, 0.2) is 53.9 Å². The van der Waals surface area contributed by atoms with Crippen molar-refractivity contribution in [2.75, 3.05) is 4.90 Å². The Morgan fingerprint density at radius 2 is 1.96 bits per heavy atom. The van der Waals surface area contributed by atoms with Crippen LogP contribution in [-0.2, 0) is 9.59 Å². The Hall–Kier alpha value is -2.73. The molecule has 1 aliphatic heterocycles. The molecule has 2 heterocycles. The van der Waals surface area contributed by atoms with Crippen molar-refractivity contribution in [3.63, 3.8) is 0 Å². The molecule has 3 atom stereocenters. The van der Waals surface area contributed by atoms with Gasteiger partial charge in [-0.25, -0.2) is 9.69 Å². The van der Waals surface area contributed by atoms with Gasteiger partial charge in [0.25, 0.3) is 0 Å². The number of para-hydroxylation sites is 2. The highest BCUT2D eigenvalue weighted by Crippen LogP contribution is 2.42. The molecule has 1 aromatic heterocycles. The normalized spacial score (nSPS) is 24.7. The maximum atomic E-state index is 13.0. The van der Waals surface area contributed by atoms with Gasteiger partial charge in [-0.3, -0.25) is 9.59 Å². The fourth-order valence-corrected chi connectivity index (χ4v) is 4.26. The molecule has 4 rings (SSSR count). The van der Waals surface area contributed by atoms with E-state index >= 15 is 0 Å². The number of ether oxygens (including phenoxy) is 1. The fourth-order valence-electron chi connectivity index (χ4n) is 3.66. The molecular formula is C20H17NO4S. The number of benzene rings is 1. The third-order valence-electron chi connectivity index (χ3n) is 4.90. The molecule has 0 saturated carbocycles. The van der Waals surface area contributed by atoms with Crippen molar-refractivity contribution in [1.29, 1.82) is 0 Å². The number of carbonyl (C=O) groups is 3. The van der Waals surface area contributed by atoms with Crippen LogP contribution < -0.4 is 9.64 Å². The summed E-state index contributed by atoms with van der Waals surface area (Å²) < 4.78 is 5.49. The summed E-state index contributed by atoms with van der Waals surface area (Å²) in [7, 11) is 0. The molecule has 2 amide bonds. The van der Waals surface area contributed by atoms with Gasteiger partial charge >= 0.3 is 5.97 Å². The number of rotatable bonds is 3. The predicted octanol–water partition coefficient (Wildman–Crippen LogP) is 3.67. The molecule has 0 bridgehead atoms. The summed E-state index contributed by atoms with van der Waals surface area (Å²) in [4.78, 5) is 39.8. The number of fused-ring (bicyclic) bond motifs is 1. The maximum absolute atomic E-state index is 13.0. The summed E-state index contributed by atoms with van der Waals surface area (Å²) in [6.07, 6.45) is 4.51. The number of esters is 1. The van der Waals surface area contributed by atoms with E-state index in [1.165, 1.54) is 16.2 Å². The standard InChI is InChI=1S/C20H17NO4S/c1-12-6-4-7-13-17(12)19(23)21(18(13)22)14-8-2-3-9-15(14)25-20(24)16-10-5-11-26-16/h2-6,8-13,17H,7H2,1H3/t12-,13+,17-/m1/s1. The minimum absolute atomic E-state index is 0.0102. The van der Waals surface area contributed by atoms with Crippen LogP contribution in [0.1, 0.15) is 23.0 Å². The van der Waals surface area contributed by atoms with Gasteiger partial charge in [0.05, 0.1) is 17.5 Å². The molecule has 2 aliphatic rings. The minimum atomic E-state index is -0.501. The lowest BCUT2D eigenvalue weighted by atomic mass is 9.78. The summed E-state index contributed by atoms with van der Waals surface area (Å²) in [5.41, 5.74) is 0.328. The zero-order valence-electron chi connectivity index (χ0n) is 14.1. The minimum Gasteiger partial charge on any atom is -0.420 e. The lowest BCUT2D eigenvalue weighted by Gasteiger charge is -2.22. The number of thiophene rings is 1. The van der Waals surface area contributed by atoms with Crippen molar-refractivity contribution in [3.8, 4) is 5.75 Å². The quantitative estimate of drug-likeness (QED) is 0.359. The number of anilines is 1. The maximum Gasteiger partial charge on any atom is 0.353 e. The van der Waals surface area contributed by atoms with Gasteiger partial charge in [0.15, 0.2) is 5.75 Å². The van der Waals surface area contributed by atoms with Crippen LogP contribution >= 0.6 is 11.3 Å². The summed E-state index contributed by atoms with van der Waals surface area (Å²) in [5.74, 6) is -1.42. The van der Waals surface area contributed by atoms with Gasteiger partial charge in [-0.2, -0.15) is 0 Å². The number of carbonyl (C=O) groups excluding carboxylic acids is 3. The summed E-state index contributed by atoms with van der Waals surface area (Å²) in [5, 5.41) is 1.79. The summed E-state index contributed by atoms with van der Waals surface area (Å²) in [6, 6.07) is 10.1. The van der Waals surface area contributed by atoms with Crippen LogP contribution in [0.3, 0.4) is 0 Å². The average Bonchev–Trinajstić information content (AvgIpc) is 3.25. The van der Waals surface area contributed by atoms with Gasteiger partial charge in [0.2, 0.25) is 11.8 Å². The molecule has 132 valence electrons. The first-order valence-electron chi connectivity index (χ1n) is 8.47. The summed E-state index contributed by atoms with van der Waals surface area (Å²) >= 11 is 1.28. The molecule has 5 nitrogen and oxygen atoms in total. The van der Waals surface area contributed by atoms with Crippen LogP contribution in [0.5, 0.6) is 5.75 Å². The number of imide groups is 1. The van der Waals surface area contributed by atoms with Gasteiger partial charge in [0.1, 0.15) is 4.88 Å². The van der Waals surface area contributed by atoms with Crippen LogP contribution in [0, 0.1) is 17.8 Å². The molecule has 1 fully saturated rings. The first kappa shape index (κ1) is 16.7. The Morgan fingerprint density at radius 3 is 2.69 bits per heavy atom. The third kappa shape index (κ3) is 2.66. The zero-order chi connectivity index (χ0) is 18.3. The molecule has 2 aromatic rings. The first-order valence-corrected chi connectivity index (χ1v) is 9.35. The second kappa shape index (κ2) is 6.53. The molecule has 1 aromatic carbocycles. The van der Waals surface area contributed by atoms with E-state index in [2.05, 4.69) is 0 Å². The van der Waals surface area contributed by atoms with Crippen LogP contribution in [-0.4, -0.2) is 17.8 Å². The number of amides is 2. The van der Waals surface area contributed by atoms with Crippen LogP contribution in [0.25, 0.3) is 0 Å². The summed E-state index contributed by atoms with van der Waals surface area (Å²) in [6.45, 7) is 1.95. The molecule has 0 unspecified atom stereocenters. The SMILES string of the molecule is C[C@@H]1C=CC[C@@H]2C(=O)N(c3ccccc3OC(=O)c3cccs3)C(=O)[C@H]12. The van der Waals surface area contributed by atoms with E-state index in [-0.39, 0.29) is 35.3 Å². The fraction of sp³-hybridized carbons (Fsp3) is 0.250. The highest BCUT2D eigenvalue weighted by atomic mass is 32.1. The van der Waals surface area contributed by atoms with E-state index in [4.69, 9.17) is 4.74 Å². The number of nitrogens with zero attached hydrogens (tertiary/aromatic N) is 1. The number of hydrogen-bond donors (Lipinski definition) is 0. The van der Waals surface area contributed by atoms with Crippen LogP contribution in [0.2, 0.25) is 0 Å². The second-order valence-corrected chi connectivity index (χ2v) is 7.45. The van der Waals surface area contributed by atoms with E-state index < -0.39 is 5.97 Å². The number of hydrogen-bond acceptors (Lipinski definition) is 5. The van der Waals surface area contributed by atoms with Gasteiger partial charge in [-0.1, -0.05) is 37.3 Å².